The molecule has 1 aliphatic rings. The van der Waals surface area contributed by atoms with Crippen molar-refractivity contribution in [3.63, 3.8) is 0 Å². The first-order chi connectivity index (χ1) is 8.61. The van der Waals surface area contributed by atoms with Crippen LogP contribution in [0.5, 0.6) is 0 Å². The second-order valence-corrected chi connectivity index (χ2v) is 4.38. The average Bonchev–Trinajstić information content (AvgIpc) is 2.64. The van der Waals surface area contributed by atoms with Crippen molar-refractivity contribution in [3.05, 3.63) is 35.4 Å². The van der Waals surface area contributed by atoms with Gasteiger partial charge in [0.1, 0.15) is 0 Å². The molecule has 18 heavy (non-hydrogen) atoms. The molecule has 0 spiro atoms. The van der Waals surface area contributed by atoms with Crippen molar-refractivity contribution >= 4 is 11.8 Å². The first kappa shape index (κ1) is 12.8. The molecule has 1 aliphatic heterocycles. The molecule has 0 bridgehead atoms. The molecular formula is C14H18N2O2. The summed E-state index contributed by atoms with van der Waals surface area (Å²) in [5.41, 5.74) is 1.03. The molecule has 1 aromatic carbocycles. The summed E-state index contributed by atoms with van der Waals surface area (Å²) in [5, 5.41) is 0. The highest BCUT2D eigenvalue weighted by Gasteiger charge is 2.39. The van der Waals surface area contributed by atoms with Gasteiger partial charge in [0, 0.05) is 0 Å². The van der Waals surface area contributed by atoms with E-state index in [0.29, 0.717) is 11.1 Å². The zero-order chi connectivity index (χ0) is 13.3. The maximum atomic E-state index is 12.3. The first-order valence-electron chi connectivity index (χ1n) is 6.32. The van der Waals surface area contributed by atoms with Crippen LogP contribution in [0.3, 0.4) is 0 Å². The molecule has 96 valence electrons. The molecule has 0 saturated carbocycles. The van der Waals surface area contributed by atoms with Gasteiger partial charge in [-0.2, -0.15) is 0 Å². The van der Waals surface area contributed by atoms with Crippen LogP contribution in [0.1, 0.15) is 41.5 Å². The Morgan fingerprint density at radius 2 is 1.50 bits per heavy atom. The maximum absolute atomic E-state index is 12.3. The van der Waals surface area contributed by atoms with Gasteiger partial charge in [-0.15, -0.1) is 0 Å². The van der Waals surface area contributed by atoms with Crippen molar-refractivity contribution in [2.24, 2.45) is 0 Å². The van der Waals surface area contributed by atoms with Crippen molar-refractivity contribution in [3.8, 4) is 0 Å². The Balaban J connectivity index is 2.33. The molecule has 2 rings (SSSR count). The van der Waals surface area contributed by atoms with Crippen molar-refractivity contribution in [1.29, 1.82) is 0 Å². The van der Waals surface area contributed by atoms with Crippen LogP contribution in [0.15, 0.2) is 24.3 Å². The number of carbonyl (C=O) groups is 2. The highest BCUT2D eigenvalue weighted by atomic mass is 16.2. The second-order valence-electron chi connectivity index (χ2n) is 4.38. The fourth-order valence-electron chi connectivity index (χ4n) is 2.46. The molecule has 0 N–H and O–H groups in total. The van der Waals surface area contributed by atoms with Gasteiger partial charge < -0.3 is 0 Å². The Kier molecular flexibility index (Phi) is 3.48. The average molecular weight is 246 g/mol. The molecular weight excluding hydrogens is 228 g/mol. The number of imide groups is 1. The summed E-state index contributed by atoms with van der Waals surface area (Å²) >= 11 is 0. The molecule has 1 atom stereocenters. The van der Waals surface area contributed by atoms with E-state index in [4.69, 9.17) is 0 Å². The maximum Gasteiger partial charge on any atom is 0.262 e. The first-order valence-corrected chi connectivity index (χ1v) is 6.32. The third kappa shape index (κ3) is 1.82. The topological polar surface area (TPSA) is 40.6 Å². The highest BCUT2D eigenvalue weighted by Crippen LogP contribution is 2.25. The minimum Gasteiger partial charge on any atom is -0.284 e. The van der Waals surface area contributed by atoms with E-state index in [0.717, 1.165) is 13.1 Å². The molecule has 4 heteroatoms. The quantitative estimate of drug-likeness (QED) is 0.763. The minimum absolute atomic E-state index is 0.185. The summed E-state index contributed by atoms with van der Waals surface area (Å²) in [7, 11) is 0. The zero-order valence-electron chi connectivity index (χ0n) is 11.0. The lowest BCUT2D eigenvalue weighted by Crippen LogP contribution is -2.49. The van der Waals surface area contributed by atoms with Crippen molar-refractivity contribution < 1.29 is 9.59 Å². The van der Waals surface area contributed by atoms with Crippen LogP contribution in [0.25, 0.3) is 0 Å². The summed E-state index contributed by atoms with van der Waals surface area (Å²) in [6.07, 6.45) is -0.201. The van der Waals surface area contributed by atoms with Crippen molar-refractivity contribution in [1.82, 2.24) is 9.80 Å². The van der Waals surface area contributed by atoms with Gasteiger partial charge in [-0.25, -0.2) is 0 Å². The molecule has 1 heterocycles. The summed E-state index contributed by atoms with van der Waals surface area (Å²) in [6.45, 7) is 7.57. The van der Waals surface area contributed by atoms with E-state index < -0.39 is 0 Å². The van der Waals surface area contributed by atoms with Crippen LogP contribution >= 0.6 is 0 Å². The van der Waals surface area contributed by atoms with Gasteiger partial charge in [0.15, 0.2) is 0 Å². The number of hydrogen-bond donors (Lipinski definition) is 0. The van der Waals surface area contributed by atoms with E-state index in [9.17, 15) is 9.59 Å². The fraction of sp³-hybridized carbons (Fsp3) is 0.429. The monoisotopic (exact) mass is 246 g/mol. The lowest BCUT2D eigenvalue weighted by atomic mass is 10.1. The molecule has 0 aliphatic carbocycles. The van der Waals surface area contributed by atoms with Crippen LogP contribution in [0.4, 0.5) is 0 Å². The van der Waals surface area contributed by atoms with Gasteiger partial charge in [-0.1, -0.05) is 26.0 Å². The van der Waals surface area contributed by atoms with E-state index in [1.54, 1.807) is 24.3 Å². The standard InChI is InChI=1S/C14H18N2O2/c1-4-15(5-2)10(3)16-13(17)11-8-6-7-9-12(11)14(16)18/h6-10H,4-5H2,1-3H3. The smallest absolute Gasteiger partial charge is 0.262 e. The molecule has 0 saturated heterocycles. The number of carbonyl (C=O) groups excluding carboxylic acids is 2. The van der Waals surface area contributed by atoms with Gasteiger partial charge in [0.05, 0.1) is 17.3 Å². The predicted molar refractivity (Wildman–Crippen MR) is 69.3 cm³/mol. The summed E-state index contributed by atoms with van der Waals surface area (Å²) in [4.78, 5) is 28.0. The van der Waals surface area contributed by atoms with Crippen LogP contribution in [0.2, 0.25) is 0 Å². The number of hydrogen-bond acceptors (Lipinski definition) is 3. The Hall–Kier alpha value is -1.68. The minimum atomic E-state index is -0.201. The fourth-order valence-corrected chi connectivity index (χ4v) is 2.46. The zero-order valence-corrected chi connectivity index (χ0v) is 11.0. The van der Waals surface area contributed by atoms with Gasteiger partial charge in [-0.05, 0) is 32.1 Å². The molecule has 2 amide bonds. The largest absolute Gasteiger partial charge is 0.284 e. The van der Waals surface area contributed by atoms with E-state index in [2.05, 4.69) is 4.90 Å². The number of rotatable bonds is 4. The van der Waals surface area contributed by atoms with E-state index in [-0.39, 0.29) is 18.0 Å². The van der Waals surface area contributed by atoms with Crippen molar-refractivity contribution in [2.75, 3.05) is 13.1 Å². The second kappa shape index (κ2) is 4.90. The Labute approximate surface area is 107 Å². The van der Waals surface area contributed by atoms with E-state index >= 15 is 0 Å². The highest BCUT2D eigenvalue weighted by molar-refractivity contribution is 6.21. The third-order valence-electron chi connectivity index (χ3n) is 3.54. The predicted octanol–water partition coefficient (Wildman–Crippen LogP) is 1.97. The Morgan fingerprint density at radius 3 is 1.89 bits per heavy atom. The Morgan fingerprint density at radius 1 is 1.06 bits per heavy atom. The Bertz CT molecular complexity index is 445. The number of amides is 2. The van der Waals surface area contributed by atoms with Gasteiger partial charge in [-0.3, -0.25) is 19.4 Å². The van der Waals surface area contributed by atoms with Crippen LogP contribution in [-0.4, -0.2) is 40.9 Å². The summed E-state index contributed by atoms with van der Waals surface area (Å²) in [5.74, 6) is -0.370. The van der Waals surface area contributed by atoms with E-state index in [1.807, 2.05) is 20.8 Å². The van der Waals surface area contributed by atoms with Gasteiger partial charge in [0.25, 0.3) is 11.8 Å². The number of fused-ring (bicyclic) bond motifs is 1. The lowest BCUT2D eigenvalue weighted by molar-refractivity contribution is 0.0376. The molecule has 0 fully saturated rings. The lowest BCUT2D eigenvalue weighted by Gasteiger charge is -2.32. The van der Waals surface area contributed by atoms with Gasteiger partial charge >= 0.3 is 0 Å². The number of benzene rings is 1. The van der Waals surface area contributed by atoms with Gasteiger partial charge in [0.2, 0.25) is 0 Å². The third-order valence-corrected chi connectivity index (χ3v) is 3.54. The molecule has 0 radical (unpaired) electrons. The van der Waals surface area contributed by atoms with Crippen LogP contribution < -0.4 is 0 Å². The molecule has 1 unspecified atom stereocenters. The SMILES string of the molecule is CCN(CC)C(C)N1C(=O)c2ccccc2C1=O. The molecule has 1 aromatic rings. The van der Waals surface area contributed by atoms with Crippen LogP contribution in [-0.2, 0) is 0 Å². The van der Waals surface area contributed by atoms with Crippen LogP contribution in [0, 0.1) is 0 Å². The van der Waals surface area contributed by atoms with E-state index in [1.165, 1.54) is 4.90 Å². The van der Waals surface area contributed by atoms with Crippen molar-refractivity contribution in [2.45, 2.75) is 26.9 Å². The normalized spacial score (nSPS) is 16.3. The summed E-state index contributed by atoms with van der Waals surface area (Å²) in [6, 6.07) is 7.00. The number of nitrogens with zero attached hydrogens (tertiary/aromatic N) is 2. The summed E-state index contributed by atoms with van der Waals surface area (Å²) < 4.78 is 0. The molecule has 4 nitrogen and oxygen atoms in total. The molecule has 0 aromatic heterocycles.